The molecule has 3 nitrogen and oxygen atoms in total. The lowest BCUT2D eigenvalue weighted by Crippen LogP contribution is -2.27. The van der Waals surface area contributed by atoms with E-state index in [1.807, 2.05) is 5.38 Å². The summed E-state index contributed by atoms with van der Waals surface area (Å²) in [7, 11) is 0. The van der Waals surface area contributed by atoms with Gasteiger partial charge in [0.25, 0.3) is 5.91 Å². The van der Waals surface area contributed by atoms with Gasteiger partial charge in [-0.05, 0) is 47.4 Å². The Morgan fingerprint density at radius 3 is 2.35 bits per heavy atom. The van der Waals surface area contributed by atoms with Crippen LogP contribution in [0.5, 0.6) is 0 Å². The van der Waals surface area contributed by atoms with Crippen LogP contribution in [0.25, 0.3) is 0 Å². The van der Waals surface area contributed by atoms with Crippen LogP contribution in [0.1, 0.15) is 46.0 Å². The minimum atomic E-state index is -0.109. The molecule has 1 aromatic carbocycles. The summed E-state index contributed by atoms with van der Waals surface area (Å²) in [5, 5.41) is 7.05. The van der Waals surface area contributed by atoms with Gasteiger partial charge in [-0.3, -0.25) is 9.59 Å². The number of ketones is 1. The maximum Gasteiger partial charge on any atom is 0.251 e. The summed E-state index contributed by atoms with van der Waals surface area (Å²) >= 11 is 1.66. The quantitative estimate of drug-likeness (QED) is 0.856. The van der Waals surface area contributed by atoms with Crippen molar-refractivity contribution in [2.45, 2.75) is 19.8 Å². The van der Waals surface area contributed by atoms with Crippen molar-refractivity contribution in [2.24, 2.45) is 0 Å². The third-order valence-corrected chi connectivity index (χ3v) is 3.94. The van der Waals surface area contributed by atoms with Gasteiger partial charge in [0, 0.05) is 17.7 Å². The molecule has 0 saturated carbocycles. The molecule has 0 radical (unpaired) electrons. The molecule has 2 aromatic rings. The SMILES string of the molecule is CC(=O)c1ccc(C(=O)NCC(C)c2ccsc2)cc1. The Hall–Kier alpha value is -1.94. The van der Waals surface area contributed by atoms with Crippen LogP contribution >= 0.6 is 11.3 Å². The number of hydrogen-bond donors (Lipinski definition) is 1. The Balaban J connectivity index is 1.93. The Kier molecular flexibility index (Phi) is 4.69. The second-order valence-corrected chi connectivity index (χ2v) is 5.58. The molecular formula is C16H17NO2S. The summed E-state index contributed by atoms with van der Waals surface area (Å²) in [6, 6.07) is 8.80. The molecule has 1 amide bonds. The summed E-state index contributed by atoms with van der Waals surface area (Å²) in [5.41, 5.74) is 2.43. The van der Waals surface area contributed by atoms with Crippen LogP contribution in [0.2, 0.25) is 0 Å². The number of carbonyl (C=O) groups excluding carboxylic acids is 2. The number of carbonyl (C=O) groups is 2. The lowest BCUT2D eigenvalue weighted by Gasteiger charge is -2.11. The van der Waals surface area contributed by atoms with Crippen LogP contribution in [0.4, 0.5) is 0 Å². The Bertz CT molecular complexity index is 587. The lowest BCUT2D eigenvalue weighted by atomic mass is 10.0. The maximum absolute atomic E-state index is 12.0. The van der Waals surface area contributed by atoms with Crippen molar-refractivity contribution >= 4 is 23.0 Å². The van der Waals surface area contributed by atoms with Crippen LogP contribution in [-0.2, 0) is 0 Å². The van der Waals surface area contributed by atoms with Crippen molar-refractivity contribution in [2.75, 3.05) is 6.54 Å². The summed E-state index contributed by atoms with van der Waals surface area (Å²) in [6.45, 7) is 4.20. The van der Waals surface area contributed by atoms with E-state index in [2.05, 4.69) is 23.7 Å². The zero-order valence-corrected chi connectivity index (χ0v) is 12.4. The monoisotopic (exact) mass is 287 g/mol. The number of thiophene rings is 1. The van der Waals surface area contributed by atoms with Gasteiger partial charge in [0.15, 0.2) is 5.78 Å². The van der Waals surface area contributed by atoms with Gasteiger partial charge in [0.1, 0.15) is 0 Å². The van der Waals surface area contributed by atoms with E-state index in [1.165, 1.54) is 12.5 Å². The van der Waals surface area contributed by atoms with E-state index in [0.29, 0.717) is 23.6 Å². The fourth-order valence-corrected chi connectivity index (χ4v) is 2.66. The first kappa shape index (κ1) is 14.5. The highest BCUT2D eigenvalue weighted by Crippen LogP contribution is 2.17. The van der Waals surface area contributed by atoms with Crippen molar-refractivity contribution in [3.63, 3.8) is 0 Å². The molecule has 1 atom stereocenters. The van der Waals surface area contributed by atoms with Crippen molar-refractivity contribution in [1.82, 2.24) is 5.32 Å². The largest absolute Gasteiger partial charge is 0.351 e. The summed E-state index contributed by atoms with van der Waals surface area (Å²) in [5.74, 6) is 0.187. The van der Waals surface area contributed by atoms with Crippen LogP contribution < -0.4 is 5.32 Å². The molecule has 0 fully saturated rings. The van der Waals surface area contributed by atoms with Gasteiger partial charge < -0.3 is 5.32 Å². The fraction of sp³-hybridized carbons (Fsp3) is 0.250. The van der Waals surface area contributed by atoms with Gasteiger partial charge in [-0.25, -0.2) is 0 Å². The number of rotatable bonds is 5. The molecule has 0 aliphatic rings. The van der Waals surface area contributed by atoms with Crippen molar-refractivity contribution in [3.05, 3.63) is 57.8 Å². The zero-order valence-electron chi connectivity index (χ0n) is 11.6. The molecule has 1 heterocycles. The number of nitrogens with one attached hydrogen (secondary N) is 1. The van der Waals surface area contributed by atoms with Crippen molar-refractivity contribution < 1.29 is 9.59 Å². The van der Waals surface area contributed by atoms with E-state index in [-0.39, 0.29) is 11.7 Å². The van der Waals surface area contributed by atoms with E-state index < -0.39 is 0 Å². The predicted octanol–water partition coefficient (Wildman–Crippen LogP) is 3.48. The molecule has 20 heavy (non-hydrogen) atoms. The molecule has 0 aliphatic heterocycles. The van der Waals surface area contributed by atoms with Crippen LogP contribution in [0.3, 0.4) is 0 Å². The zero-order chi connectivity index (χ0) is 14.5. The highest BCUT2D eigenvalue weighted by atomic mass is 32.1. The van der Waals surface area contributed by atoms with Gasteiger partial charge in [0.2, 0.25) is 0 Å². The third-order valence-electron chi connectivity index (χ3n) is 3.23. The van der Waals surface area contributed by atoms with Crippen molar-refractivity contribution in [1.29, 1.82) is 0 Å². The third kappa shape index (κ3) is 3.54. The minimum Gasteiger partial charge on any atom is -0.351 e. The molecular weight excluding hydrogens is 270 g/mol. The molecule has 2 rings (SSSR count). The molecule has 0 aliphatic carbocycles. The maximum atomic E-state index is 12.0. The van der Waals surface area contributed by atoms with E-state index >= 15 is 0 Å². The second kappa shape index (κ2) is 6.48. The van der Waals surface area contributed by atoms with Gasteiger partial charge in [-0.2, -0.15) is 11.3 Å². The van der Waals surface area contributed by atoms with E-state index in [1.54, 1.807) is 35.6 Å². The van der Waals surface area contributed by atoms with E-state index in [9.17, 15) is 9.59 Å². The predicted molar refractivity (Wildman–Crippen MR) is 81.5 cm³/mol. The average molecular weight is 287 g/mol. The smallest absolute Gasteiger partial charge is 0.251 e. The topological polar surface area (TPSA) is 46.2 Å². The standard InChI is InChI=1S/C16H17NO2S/c1-11(15-7-8-20-10-15)9-17-16(19)14-5-3-13(4-6-14)12(2)18/h3-8,10-11H,9H2,1-2H3,(H,17,19). The van der Waals surface area contributed by atoms with E-state index in [4.69, 9.17) is 0 Å². The van der Waals surface area contributed by atoms with Crippen LogP contribution in [0.15, 0.2) is 41.1 Å². The molecule has 0 spiro atoms. The van der Waals surface area contributed by atoms with Crippen LogP contribution in [-0.4, -0.2) is 18.2 Å². The first-order valence-electron chi connectivity index (χ1n) is 6.49. The Morgan fingerprint density at radius 2 is 1.80 bits per heavy atom. The number of Topliss-reactive ketones (excluding diaryl/α,β-unsaturated/α-hetero) is 1. The molecule has 1 unspecified atom stereocenters. The minimum absolute atomic E-state index is 0.00281. The first-order chi connectivity index (χ1) is 9.58. The number of hydrogen-bond acceptors (Lipinski definition) is 3. The van der Waals surface area contributed by atoms with Gasteiger partial charge >= 0.3 is 0 Å². The van der Waals surface area contributed by atoms with Gasteiger partial charge in [-0.1, -0.05) is 19.1 Å². The normalized spacial score (nSPS) is 11.9. The number of benzene rings is 1. The first-order valence-corrected chi connectivity index (χ1v) is 7.43. The molecule has 0 saturated heterocycles. The fourth-order valence-electron chi connectivity index (χ4n) is 1.88. The summed E-state index contributed by atoms with van der Waals surface area (Å²) in [6.07, 6.45) is 0. The lowest BCUT2D eigenvalue weighted by molar-refractivity contribution is 0.0949. The molecule has 1 aromatic heterocycles. The molecule has 0 bridgehead atoms. The molecule has 4 heteroatoms. The average Bonchev–Trinajstić information content (AvgIpc) is 2.98. The van der Waals surface area contributed by atoms with Gasteiger partial charge in [-0.15, -0.1) is 0 Å². The van der Waals surface area contributed by atoms with Crippen molar-refractivity contribution in [3.8, 4) is 0 Å². The number of amides is 1. The Labute approximate surface area is 122 Å². The highest BCUT2D eigenvalue weighted by Gasteiger charge is 2.10. The molecule has 1 N–H and O–H groups in total. The summed E-state index contributed by atoms with van der Waals surface area (Å²) < 4.78 is 0. The molecule has 104 valence electrons. The summed E-state index contributed by atoms with van der Waals surface area (Å²) in [4.78, 5) is 23.2. The van der Waals surface area contributed by atoms with E-state index in [0.717, 1.165) is 0 Å². The van der Waals surface area contributed by atoms with Crippen LogP contribution in [0, 0.1) is 0 Å². The van der Waals surface area contributed by atoms with Gasteiger partial charge in [0.05, 0.1) is 0 Å². The Morgan fingerprint density at radius 1 is 1.15 bits per heavy atom. The highest BCUT2D eigenvalue weighted by molar-refractivity contribution is 7.07. The second-order valence-electron chi connectivity index (χ2n) is 4.80.